The van der Waals surface area contributed by atoms with Gasteiger partial charge in [-0.25, -0.2) is 0 Å². The first-order valence-corrected chi connectivity index (χ1v) is 7.76. The topological polar surface area (TPSA) is 63.3 Å². The number of aromatic nitrogens is 1. The number of aliphatic imine (C=N–C) groups is 1. The van der Waals surface area contributed by atoms with Crippen molar-refractivity contribution < 1.29 is 0 Å². The molecule has 23 heavy (non-hydrogen) atoms. The Morgan fingerprint density at radius 1 is 1.22 bits per heavy atom. The molecule has 0 saturated carbocycles. The fraction of sp³-hybridized carbons (Fsp3) is 0.333. The van der Waals surface area contributed by atoms with E-state index in [0.29, 0.717) is 18.4 Å². The third kappa shape index (κ3) is 6.56. The summed E-state index contributed by atoms with van der Waals surface area (Å²) in [5.41, 5.74) is 9.25. The highest BCUT2D eigenvalue weighted by Gasteiger charge is 2.02. The van der Waals surface area contributed by atoms with Crippen LogP contribution in [0.15, 0.2) is 53.7 Å². The lowest BCUT2D eigenvalue weighted by Gasteiger charge is -2.10. The molecule has 3 N–H and O–H groups in total. The lowest BCUT2D eigenvalue weighted by atomic mass is 9.99. The number of benzene rings is 1. The average Bonchev–Trinajstić information content (AvgIpc) is 2.56. The molecule has 1 atom stereocenters. The van der Waals surface area contributed by atoms with Gasteiger partial charge in [-0.15, -0.1) is 24.0 Å². The van der Waals surface area contributed by atoms with Gasteiger partial charge < -0.3 is 11.1 Å². The summed E-state index contributed by atoms with van der Waals surface area (Å²) >= 11 is 0. The van der Waals surface area contributed by atoms with Crippen LogP contribution in [0.3, 0.4) is 0 Å². The Labute approximate surface area is 155 Å². The van der Waals surface area contributed by atoms with Gasteiger partial charge in [-0.05, 0) is 42.2 Å². The fourth-order valence-corrected chi connectivity index (χ4v) is 2.16. The van der Waals surface area contributed by atoms with Gasteiger partial charge >= 0.3 is 0 Å². The van der Waals surface area contributed by atoms with Crippen LogP contribution < -0.4 is 11.1 Å². The summed E-state index contributed by atoms with van der Waals surface area (Å²) in [6.07, 6.45) is 3.72. The number of anilines is 1. The molecule has 2 rings (SSSR count). The standard InChI is InChI=1S/C18H24N4.HI/c1-3-14(2)15-7-9-17(10-8-15)22-18(19)21-13-11-16-6-4-5-12-20-16;/h4-10,12,14H,3,11,13H2,1-2H3,(H3,19,21,22);1H. The van der Waals surface area contributed by atoms with Crippen LogP contribution in [0.4, 0.5) is 5.69 Å². The summed E-state index contributed by atoms with van der Waals surface area (Å²) in [7, 11) is 0. The number of hydrogen-bond donors (Lipinski definition) is 2. The second kappa shape index (κ2) is 10.2. The van der Waals surface area contributed by atoms with E-state index in [2.05, 4.69) is 41.3 Å². The number of nitrogens with two attached hydrogens (primary N) is 1. The van der Waals surface area contributed by atoms with Gasteiger partial charge in [0.2, 0.25) is 0 Å². The van der Waals surface area contributed by atoms with Crippen molar-refractivity contribution in [2.75, 3.05) is 11.9 Å². The zero-order valence-electron chi connectivity index (χ0n) is 13.7. The van der Waals surface area contributed by atoms with E-state index in [4.69, 9.17) is 5.73 Å². The second-order valence-corrected chi connectivity index (χ2v) is 5.39. The molecule has 4 nitrogen and oxygen atoms in total. The van der Waals surface area contributed by atoms with Crippen molar-refractivity contribution in [1.29, 1.82) is 0 Å². The molecular formula is C18H25IN4. The molecular weight excluding hydrogens is 399 g/mol. The lowest BCUT2D eigenvalue weighted by molar-refractivity contribution is 0.734. The third-order valence-electron chi connectivity index (χ3n) is 3.74. The molecule has 1 unspecified atom stereocenters. The van der Waals surface area contributed by atoms with Crippen molar-refractivity contribution in [3.63, 3.8) is 0 Å². The van der Waals surface area contributed by atoms with Crippen LogP contribution in [0.25, 0.3) is 0 Å². The van der Waals surface area contributed by atoms with E-state index < -0.39 is 0 Å². The fourth-order valence-electron chi connectivity index (χ4n) is 2.16. The number of guanidine groups is 1. The number of nitrogens with one attached hydrogen (secondary N) is 1. The Balaban J connectivity index is 0.00000264. The van der Waals surface area contributed by atoms with Crippen molar-refractivity contribution in [3.05, 3.63) is 59.9 Å². The van der Waals surface area contributed by atoms with Gasteiger partial charge in [0.15, 0.2) is 5.96 Å². The van der Waals surface area contributed by atoms with E-state index in [9.17, 15) is 0 Å². The van der Waals surface area contributed by atoms with E-state index in [1.54, 1.807) is 6.20 Å². The van der Waals surface area contributed by atoms with E-state index in [-0.39, 0.29) is 24.0 Å². The normalized spacial score (nSPS) is 12.3. The first kappa shape index (κ1) is 19.4. The molecule has 124 valence electrons. The number of nitrogens with zero attached hydrogens (tertiary/aromatic N) is 2. The van der Waals surface area contributed by atoms with Crippen molar-refractivity contribution >= 4 is 35.6 Å². The Morgan fingerprint density at radius 3 is 2.57 bits per heavy atom. The van der Waals surface area contributed by atoms with E-state index >= 15 is 0 Å². The first-order valence-electron chi connectivity index (χ1n) is 7.76. The summed E-state index contributed by atoms with van der Waals surface area (Å²) in [5.74, 6) is 1.02. The predicted molar refractivity (Wildman–Crippen MR) is 109 cm³/mol. The molecule has 0 aliphatic heterocycles. The van der Waals surface area contributed by atoms with Crippen LogP contribution in [-0.2, 0) is 6.42 Å². The smallest absolute Gasteiger partial charge is 0.193 e. The molecule has 0 radical (unpaired) electrons. The molecule has 1 aromatic carbocycles. The Bertz CT molecular complexity index is 596. The third-order valence-corrected chi connectivity index (χ3v) is 3.74. The Kier molecular flexibility index (Phi) is 8.61. The molecule has 0 saturated heterocycles. The summed E-state index contributed by atoms with van der Waals surface area (Å²) in [5, 5.41) is 3.12. The van der Waals surface area contributed by atoms with E-state index in [0.717, 1.165) is 24.2 Å². The first-order chi connectivity index (χ1) is 10.7. The Hall–Kier alpha value is -1.63. The van der Waals surface area contributed by atoms with Gasteiger partial charge in [-0.3, -0.25) is 9.98 Å². The van der Waals surface area contributed by atoms with Gasteiger partial charge in [0.25, 0.3) is 0 Å². The van der Waals surface area contributed by atoms with Crippen LogP contribution in [0.5, 0.6) is 0 Å². The van der Waals surface area contributed by atoms with Gasteiger partial charge in [0.1, 0.15) is 0 Å². The molecule has 1 heterocycles. The highest BCUT2D eigenvalue weighted by Crippen LogP contribution is 2.20. The zero-order valence-corrected chi connectivity index (χ0v) is 16.0. The maximum atomic E-state index is 5.91. The minimum absolute atomic E-state index is 0. The molecule has 0 aliphatic carbocycles. The number of pyridine rings is 1. The largest absolute Gasteiger partial charge is 0.370 e. The quantitative estimate of drug-likeness (QED) is 0.416. The van der Waals surface area contributed by atoms with Crippen molar-refractivity contribution in [2.45, 2.75) is 32.6 Å². The van der Waals surface area contributed by atoms with Gasteiger partial charge in [0.05, 0.1) is 0 Å². The van der Waals surface area contributed by atoms with Crippen LogP contribution in [-0.4, -0.2) is 17.5 Å². The van der Waals surface area contributed by atoms with Gasteiger partial charge in [-0.2, -0.15) is 0 Å². The van der Waals surface area contributed by atoms with Crippen LogP contribution in [0.1, 0.15) is 37.4 Å². The van der Waals surface area contributed by atoms with Crippen molar-refractivity contribution in [3.8, 4) is 0 Å². The van der Waals surface area contributed by atoms with Gasteiger partial charge in [0, 0.05) is 30.5 Å². The van der Waals surface area contributed by atoms with Crippen LogP contribution in [0.2, 0.25) is 0 Å². The molecule has 0 spiro atoms. The lowest BCUT2D eigenvalue weighted by Crippen LogP contribution is -2.23. The number of hydrogen-bond acceptors (Lipinski definition) is 2. The molecule has 5 heteroatoms. The number of rotatable bonds is 6. The predicted octanol–water partition coefficient (Wildman–Crippen LogP) is 4.18. The maximum absolute atomic E-state index is 5.91. The molecule has 0 amide bonds. The molecule has 2 aromatic rings. The van der Waals surface area contributed by atoms with Gasteiger partial charge in [-0.1, -0.05) is 32.0 Å². The maximum Gasteiger partial charge on any atom is 0.193 e. The second-order valence-electron chi connectivity index (χ2n) is 5.39. The van der Waals surface area contributed by atoms with E-state index in [1.807, 2.05) is 30.3 Å². The molecule has 1 aromatic heterocycles. The Morgan fingerprint density at radius 2 is 1.96 bits per heavy atom. The van der Waals surface area contributed by atoms with Crippen molar-refractivity contribution in [2.24, 2.45) is 10.7 Å². The van der Waals surface area contributed by atoms with E-state index in [1.165, 1.54) is 5.56 Å². The zero-order chi connectivity index (χ0) is 15.8. The van der Waals surface area contributed by atoms with Crippen LogP contribution >= 0.6 is 24.0 Å². The van der Waals surface area contributed by atoms with Crippen LogP contribution in [0, 0.1) is 0 Å². The minimum Gasteiger partial charge on any atom is -0.370 e. The minimum atomic E-state index is 0. The summed E-state index contributed by atoms with van der Waals surface area (Å²) in [6.45, 7) is 5.06. The summed E-state index contributed by atoms with van der Waals surface area (Å²) in [4.78, 5) is 8.60. The molecule has 0 bridgehead atoms. The summed E-state index contributed by atoms with van der Waals surface area (Å²) in [6, 6.07) is 14.2. The SMILES string of the molecule is CCC(C)c1ccc(NC(N)=NCCc2ccccn2)cc1.I. The highest BCUT2D eigenvalue weighted by molar-refractivity contribution is 14.0. The molecule has 0 aliphatic rings. The average molecular weight is 424 g/mol. The number of halogens is 1. The highest BCUT2D eigenvalue weighted by atomic mass is 127. The molecule has 0 fully saturated rings. The summed E-state index contributed by atoms with van der Waals surface area (Å²) < 4.78 is 0. The monoisotopic (exact) mass is 424 g/mol. The van der Waals surface area contributed by atoms with Crippen molar-refractivity contribution in [1.82, 2.24) is 4.98 Å².